The van der Waals surface area contributed by atoms with Gasteiger partial charge in [-0.15, -0.1) is 0 Å². The molecule has 3 aromatic rings. The van der Waals surface area contributed by atoms with E-state index in [1.165, 1.54) is 12.1 Å². The maximum atomic E-state index is 12.6. The summed E-state index contributed by atoms with van der Waals surface area (Å²) in [5, 5.41) is 3.63. The van der Waals surface area contributed by atoms with Gasteiger partial charge in [-0.2, -0.15) is 13.2 Å². The van der Waals surface area contributed by atoms with Crippen molar-refractivity contribution in [1.82, 2.24) is 0 Å². The predicted octanol–water partition coefficient (Wildman–Crippen LogP) is 5.74. The van der Waals surface area contributed by atoms with Crippen molar-refractivity contribution < 1.29 is 27.5 Å². The van der Waals surface area contributed by atoms with E-state index in [1.54, 1.807) is 48.5 Å². The van der Waals surface area contributed by atoms with Crippen LogP contribution in [0.4, 0.5) is 13.2 Å². The van der Waals surface area contributed by atoms with E-state index in [0.717, 1.165) is 16.6 Å². The van der Waals surface area contributed by atoms with Gasteiger partial charge in [-0.1, -0.05) is 21.1 Å². The van der Waals surface area contributed by atoms with Crippen molar-refractivity contribution >= 4 is 27.7 Å². The SMILES string of the molecule is N/C(=N\OC(=O)c1ccc(Br)cc1)c1ccc(Oc2ccc(C(F)(F)F)cc2)cc1. The molecule has 0 aliphatic carbocycles. The Hall–Kier alpha value is -3.33. The van der Waals surface area contributed by atoms with E-state index in [4.69, 9.17) is 15.3 Å². The summed E-state index contributed by atoms with van der Waals surface area (Å²) in [6.45, 7) is 0. The molecule has 3 rings (SSSR count). The lowest BCUT2D eigenvalue weighted by Crippen LogP contribution is -2.15. The highest BCUT2D eigenvalue weighted by Gasteiger charge is 2.30. The molecule has 0 fully saturated rings. The Morgan fingerprint density at radius 3 is 1.87 bits per heavy atom. The first-order valence-corrected chi connectivity index (χ1v) is 9.27. The van der Waals surface area contributed by atoms with Crippen LogP contribution in [0, 0.1) is 0 Å². The van der Waals surface area contributed by atoms with Gasteiger partial charge in [0.05, 0.1) is 11.1 Å². The number of halogens is 4. The largest absolute Gasteiger partial charge is 0.457 e. The monoisotopic (exact) mass is 478 g/mol. The van der Waals surface area contributed by atoms with E-state index in [2.05, 4.69) is 21.1 Å². The maximum absolute atomic E-state index is 12.6. The van der Waals surface area contributed by atoms with Crippen LogP contribution in [0.2, 0.25) is 0 Å². The summed E-state index contributed by atoms with van der Waals surface area (Å²) in [6, 6.07) is 17.1. The molecular formula is C21H14BrF3N2O3. The van der Waals surface area contributed by atoms with Crippen LogP contribution < -0.4 is 10.5 Å². The van der Waals surface area contributed by atoms with Gasteiger partial charge < -0.3 is 15.3 Å². The van der Waals surface area contributed by atoms with E-state index in [1.807, 2.05) is 0 Å². The van der Waals surface area contributed by atoms with Gasteiger partial charge in [0.25, 0.3) is 0 Å². The molecule has 0 bridgehead atoms. The van der Waals surface area contributed by atoms with Crippen molar-refractivity contribution in [3.05, 3.63) is 94.0 Å². The van der Waals surface area contributed by atoms with Gasteiger partial charge in [0, 0.05) is 10.0 Å². The van der Waals surface area contributed by atoms with E-state index in [9.17, 15) is 18.0 Å². The summed E-state index contributed by atoms with van der Waals surface area (Å²) in [5.41, 5.74) is 5.85. The topological polar surface area (TPSA) is 73.9 Å². The van der Waals surface area contributed by atoms with Crippen molar-refractivity contribution in [2.75, 3.05) is 0 Å². The Labute approximate surface area is 178 Å². The Balaban J connectivity index is 1.62. The minimum Gasteiger partial charge on any atom is -0.457 e. The van der Waals surface area contributed by atoms with Crippen LogP contribution in [0.25, 0.3) is 0 Å². The average molecular weight is 479 g/mol. The molecular weight excluding hydrogens is 465 g/mol. The molecule has 30 heavy (non-hydrogen) atoms. The molecule has 3 aromatic carbocycles. The lowest BCUT2D eigenvalue weighted by atomic mass is 10.2. The molecule has 0 atom stereocenters. The molecule has 2 N–H and O–H groups in total. The van der Waals surface area contributed by atoms with Crippen LogP contribution in [-0.2, 0) is 11.0 Å². The van der Waals surface area contributed by atoms with Crippen molar-refractivity contribution in [3.63, 3.8) is 0 Å². The van der Waals surface area contributed by atoms with Gasteiger partial charge in [-0.05, 0) is 72.8 Å². The second-order valence-electron chi connectivity index (χ2n) is 6.01. The van der Waals surface area contributed by atoms with Crippen LogP contribution in [0.15, 0.2) is 82.4 Å². The summed E-state index contributed by atoms with van der Waals surface area (Å²) in [4.78, 5) is 16.8. The number of nitrogens with zero attached hydrogens (tertiary/aromatic N) is 1. The van der Waals surface area contributed by atoms with Crippen LogP contribution >= 0.6 is 15.9 Å². The van der Waals surface area contributed by atoms with E-state index in [0.29, 0.717) is 16.9 Å². The smallest absolute Gasteiger partial charge is 0.416 e. The highest BCUT2D eigenvalue weighted by atomic mass is 79.9. The minimum atomic E-state index is -4.40. The molecule has 154 valence electrons. The van der Waals surface area contributed by atoms with Crippen molar-refractivity contribution in [1.29, 1.82) is 0 Å². The highest BCUT2D eigenvalue weighted by Crippen LogP contribution is 2.31. The van der Waals surface area contributed by atoms with E-state index >= 15 is 0 Å². The number of nitrogens with two attached hydrogens (primary N) is 1. The third kappa shape index (κ3) is 5.60. The molecule has 0 spiro atoms. The van der Waals surface area contributed by atoms with Gasteiger partial charge in [-0.3, -0.25) is 0 Å². The molecule has 0 amide bonds. The first-order chi connectivity index (χ1) is 14.2. The molecule has 0 saturated carbocycles. The number of alkyl halides is 3. The summed E-state index contributed by atoms with van der Waals surface area (Å²) < 4.78 is 44.1. The lowest BCUT2D eigenvalue weighted by molar-refractivity contribution is -0.137. The highest BCUT2D eigenvalue weighted by molar-refractivity contribution is 9.10. The second kappa shape index (κ2) is 9.00. The van der Waals surface area contributed by atoms with Gasteiger partial charge in [0.2, 0.25) is 0 Å². The van der Waals surface area contributed by atoms with Gasteiger partial charge in [-0.25, -0.2) is 4.79 Å². The normalized spacial score (nSPS) is 11.8. The number of benzene rings is 3. The fourth-order valence-electron chi connectivity index (χ4n) is 2.32. The minimum absolute atomic E-state index is 0.0264. The quantitative estimate of drug-likeness (QED) is 0.219. The van der Waals surface area contributed by atoms with Crippen LogP contribution in [0.1, 0.15) is 21.5 Å². The third-order valence-corrected chi connectivity index (χ3v) is 4.40. The molecule has 0 radical (unpaired) electrons. The molecule has 0 heterocycles. The van der Waals surface area contributed by atoms with E-state index < -0.39 is 17.7 Å². The van der Waals surface area contributed by atoms with Gasteiger partial charge >= 0.3 is 12.1 Å². The fourth-order valence-corrected chi connectivity index (χ4v) is 2.59. The maximum Gasteiger partial charge on any atom is 0.416 e. The summed E-state index contributed by atoms with van der Waals surface area (Å²) in [7, 11) is 0. The molecule has 0 aliphatic rings. The molecule has 9 heteroatoms. The zero-order valence-corrected chi connectivity index (χ0v) is 16.8. The zero-order valence-electron chi connectivity index (χ0n) is 15.2. The number of ether oxygens (including phenoxy) is 1. The Morgan fingerprint density at radius 2 is 1.33 bits per heavy atom. The second-order valence-corrected chi connectivity index (χ2v) is 6.93. The predicted molar refractivity (Wildman–Crippen MR) is 108 cm³/mol. The van der Waals surface area contributed by atoms with Crippen molar-refractivity contribution in [3.8, 4) is 11.5 Å². The third-order valence-electron chi connectivity index (χ3n) is 3.87. The van der Waals surface area contributed by atoms with Gasteiger partial charge in [0.1, 0.15) is 11.5 Å². The first-order valence-electron chi connectivity index (χ1n) is 8.48. The Kier molecular flexibility index (Phi) is 6.41. The molecule has 0 aliphatic heterocycles. The number of oxime groups is 1. The molecule has 0 unspecified atom stereocenters. The summed E-state index contributed by atoms with van der Waals surface area (Å²) in [6.07, 6.45) is -4.40. The number of hydrogen-bond donors (Lipinski definition) is 1. The molecule has 5 nitrogen and oxygen atoms in total. The van der Waals surface area contributed by atoms with Crippen LogP contribution in [0.3, 0.4) is 0 Å². The van der Waals surface area contributed by atoms with Gasteiger partial charge in [0.15, 0.2) is 5.84 Å². The Bertz CT molecular complexity index is 1050. The average Bonchev–Trinajstić information content (AvgIpc) is 2.72. The number of rotatable bonds is 5. The number of carbonyl (C=O) groups is 1. The first kappa shape index (κ1) is 21.4. The number of carbonyl (C=O) groups excluding carboxylic acids is 1. The summed E-state index contributed by atoms with van der Waals surface area (Å²) >= 11 is 3.27. The fraction of sp³-hybridized carbons (Fsp3) is 0.0476. The molecule has 0 aromatic heterocycles. The summed E-state index contributed by atoms with van der Waals surface area (Å²) in [5.74, 6) is -0.0479. The van der Waals surface area contributed by atoms with Crippen molar-refractivity contribution in [2.24, 2.45) is 10.9 Å². The lowest BCUT2D eigenvalue weighted by Gasteiger charge is -2.09. The number of amidine groups is 1. The van der Waals surface area contributed by atoms with Crippen LogP contribution in [0.5, 0.6) is 11.5 Å². The Morgan fingerprint density at radius 1 is 0.833 bits per heavy atom. The van der Waals surface area contributed by atoms with Crippen molar-refractivity contribution in [2.45, 2.75) is 6.18 Å². The van der Waals surface area contributed by atoms with Crippen LogP contribution in [-0.4, -0.2) is 11.8 Å². The standard InChI is InChI=1S/C21H14BrF3N2O3/c22-16-7-1-14(2-8-16)20(28)30-27-19(26)13-3-9-17(10-4-13)29-18-11-5-15(6-12-18)21(23,24)25/h1-12H,(H2,26,27). The van der Waals surface area contributed by atoms with E-state index in [-0.39, 0.29) is 11.6 Å². The number of hydrogen-bond acceptors (Lipinski definition) is 4. The molecule has 0 saturated heterocycles. The zero-order chi connectivity index (χ0) is 21.7.